The number of nitrogens with one attached hydrogen (secondary N) is 2. The molecule has 14 heteroatoms. The maximum Gasteiger partial charge on any atom is 0.410 e. The lowest BCUT2D eigenvalue weighted by Gasteiger charge is -2.24. The second kappa shape index (κ2) is 14.5. The first-order chi connectivity index (χ1) is 23.1. The fourth-order valence-electron chi connectivity index (χ4n) is 6.21. The third kappa shape index (κ3) is 8.38. The second-order valence-corrected chi connectivity index (χ2v) is 14.0. The normalized spacial score (nSPS) is 19.3. The highest BCUT2D eigenvalue weighted by molar-refractivity contribution is 6.30. The lowest BCUT2D eigenvalue weighted by atomic mass is 10.1. The Balaban J connectivity index is 1.26. The molecule has 2 aliphatic rings. The Bertz CT molecular complexity index is 1790. The van der Waals surface area contributed by atoms with Gasteiger partial charge in [-0.3, -0.25) is 19.2 Å². The quantitative estimate of drug-likeness (QED) is 0.307. The summed E-state index contributed by atoms with van der Waals surface area (Å²) >= 11 is 5.83. The number of benzene rings is 2. The van der Waals surface area contributed by atoms with Crippen LogP contribution in [0.3, 0.4) is 0 Å². The van der Waals surface area contributed by atoms with Gasteiger partial charge >= 0.3 is 6.09 Å². The van der Waals surface area contributed by atoms with Crippen LogP contribution in [0.4, 0.5) is 13.6 Å². The van der Waals surface area contributed by atoms with Crippen LogP contribution in [-0.4, -0.2) is 88.0 Å². The fourth-order valence-corrected chi connectivity index (χ4v) is 6.40. The van der Waals surface area contributed by atoms with Gasteiger partial charge in [-0.25, -0.2) is 13.6 Å². The van der Waals surface area contributed by atoms with E-state index >= 15 is 0 Å². The molecule has 0 radical (unpaired) electrons. The van der Waals surface area contributed by atoms with Crippen molar-refractivity contribution in [1.29, 1.82) is 0 Å². The van der Waals surface area contributed by atoms with Crippen LogP contribution in [-0.2, 0) is 27.4 Å². The summed E-state index contributed by atoms with van der Waals surface area (Å²) in [5.74, 6) is -2.45. The van der Waals surface area contributed by atoms with Gasteiger partial charge in [-0.05, 0) is 58.2 Å². The van der Waals surface area contributed by atoms with Crippen molar-refractivity contribution in [3.63, 3.8) is 0 Å². The van der Waals surface area contributed by atoms with Crippen molar-refractivity contribution in [2.75, 3.05) is 26.2 Å². The minimum atomic E-state index is -1.44. The highest BCUT2D eigenvalue weighted by atomic mass is 35.5. The number of carbonyl (C=O) groups excluding carboxylic acids is 5. The minimum absolute atomic E-state index is 0.0421. The van der Waals surface area contributed by atoms with E-state index in [0.717, 1.165) is 4.90 Å². The van der Waals surface area contributed by atoms with Gasteiger partial charge in [0, 0.05) is 60.9 Å². The molecule has 49 heavy (non-hydrogen) atoms. The van der Waals surface area contributed by atoms with Gasteiger partial charge in [0.1, 0.15) is 30.2 Å². The zero-order valence-electron chi connectivity index (χ0n) is 27.9. The van der Waals surface area contributed by atoms with E-state index in [1.54, 1.807) is 49.9 Å². The van der Waals surface area contributed by atoms with E-state index in [4.69, 9.17) is 16.3 Å². The molecule has 3 atom stereocenters. The van der Waals surface area contributed by atoms with E-state index < -0.39 is 35.4 Å². The predicted octanol–water partition coefficient (Wildman–Crippen LogP) is 4.88. The number of hydrogen-bond acceptors (Lipinski definition) is 6. The molecule has 3 aromatic rings. The van der Waals surface area contributed by atoms with Crippen LogP contribution in [0.25, 0.3) is 10.9 Å². The molecule has 0 spiro atoms. The van der Waals surface area contributed by atoms with Gasteiger partial charge in [0.05, 0.1) is 17.1 Å². The first-order valence-corrected chi connectivity index (χ1v) is 16.5. The predicted molar refractivity (Wildman–Crippen MR) is 178 cm³/mol. The van der Waals surface area contributed by atoms with Crippen molar-refractivity contribution < 1.29 is 37.5 Å². The summed E-state index contributed by atoms with van der Waals surface area (Å²) in [7, 11) is 0. The smallest absolute Gasteiger partial charge is 0.410 e. The lowest BCUT2D eigenvalue weighted by Crippen LogP contribution is -2.46. The van der Waals surface area contributed by atoms with E-state index in [2.05, 4.69) is 10.6 Å². The number of fused-ring (bicyclic) bond motifs is 1. The van der Waals surface area contributed by atoms with Crippen molar-refractivity contribution in [3.05, 3.63) is 70.1 Å². The Kier molecular flexibility index (Phi) is 10.6. The zero-order chi connectivity index (χ0) is 35.6. The van der Waals surface area contributed by atoms with Gasteiger partial charge in [0.15, 0.2) is 5.78 Å². The number of halogens is 3. The topological polar surface area (TPSA) is 130 Å². The molecule has 1 aromatic heterocycles. The van der Waals surface area contributed by atoms with Gasteiger partial charge in [0.25, 0.3) is 5.91 Å². The molecule has 0 aliphatic carbocycles. The summed E-state index contributed by atoms with van der Waals surface area (Å²) in [6, 6.07) is 8.07. The van der Waals surface area contributed by atoms with Crippen molar-refractivity contribution >= 4 is 52.1 Å². The Hall–Kier alpha value is -4.52. The molecule has 2 fully saturated rings. The fraction of sp³-hybridized carbons (Fsp3) is 0.457. The van der Waals surface area contributed by atoms with E-state index in [1.165, 1.54) is 29.8 Å². The number of aromatic nitrogens is 1. The van der Waals surface area contributed by atoms with Crippen molar-refractivity contribution in [2.45, 2.75) is 71.4 Å². The van der Waals surface area contributed by atoms with E-state index in [-0.39, 0.29) is 60.3 Å². The van der Waals surface area contributed by atoms with Gasteiger partial charge in [-0.1, -0.05) is 29.8 Å². The maximum atomic E-state index is 14.6. The molecule has 1 unspecified atom stereocenters. The third-order valence-electron chi connectivity index (χ3n) is 8.68. The molecule has 0 saturated carbocycles. The first kappa shape index (κ1) is 35.8. The Morgan fingerprint density at radius 1 is 1.06 bits per heavy atom. The molecular weight excluding hydrogens is 660 g/mol. The number of Topliss-reactive ketones (excluding diaryl/α,β-unsaturated/α-hetero) is 1. The number of carbonyl (C=O) groups is 5. The van der Waals surface area contributed by atoms with Crippen LogP contribution < -0.4 is 10.6 Å². The maximum absolute atomic E-state index is 14.6. The molecule has 2 aromatic carbocycles. The Morgan fingerprint density at radius 3 is 2.53 bits per heavy atom. The number of ether oxygens (including phenoxy) is 1. The minimum Gasteiger partial charge on any atom is -0.444 e. The van der Waals surface area contributed by atoms with Crippen LogP contribution in [0.2, 0.25) is 5.02 Å². The number of rotatable bonds is 9. The largest absolute Gasteiger partial charge is 0.444 e. The Labute approximate surface area is 287 Å². The molecule has 2 saturated heterocycles. The summed E-state index contributed by atoms with van der Waals surface area (Å²) in [5, 5.41) is 5.92. The third-order valence-corrected chi connectivity index (χ3v) is 8.97. The number of nitrogens with zero attached hydrogens (tertiary/aromatic N) is 3. The second-order valence-electron chi connectivity index (χ2n) is 13.6. The number of hydrogen-bond donors (Lipinski definition) is 2. The summed E-state index contributed by atoms with van der Waals surface area (Å²) in [6.45, 7) is 7.29. The highest BCUT2D eigenvalue weighted by Gasteiger charge is 2.40. The summed E-state index contributed by atoms with van der Waals surface area (Å²) in [6.07, 6.45) is 0.165. The first-order valence-electron chi connectivity index (χ1n) is 16.2. The number of ketones is 1. The van der Waals surface area contributed by atoms with Gasteiger partial charge in [-0.2, -0.15) is 0 Å². The monoisotopic (exact) mass is 699 g/mol. The van der Waals surface area contributed by atoms with Crippen LogP contribution in [0, 0.1) is 11.7 Å². The molecule has 5 rings (SSSR count). The van der Waals surface area contributed by atoms with Gasteiger partial charge in [-0.15, -0.1) is 0 Å². The van der Waals surface area contributed by atoms with E-state index in [0.29, 0.717) is 48.1 Å². The molecule has 4 amide bonds. The molecule has 262 valence electrons. The summed E-state index contributed by atoms with van der Waals surface area (Å²) in [4.78, 5) is 67.5. The molecule has 3 heterocycles. The summed E-state index contributed by atoms with van der Waals surface area (Å²) < 4.78 is 35.9. The highest BCUT2D eigenvalue weighted by Crippen LogP contribution is 2.27. The average Bonchev–Trinajstić information content (AvgIpc) is 3.77. The molecular formula is C35H40ClF2N5O6. The van der Waals surface area contributed by atoms with Crippen molar-refractivity contribution in [3.8, 4) is 0 Å². The standard InChI is InChI=1S/C35H40ClF2N5O6/c1-20(44)26-18-42(19-30(45)43-17-24(37)13-29(43)33(47)40-15-23-6-5-7-27(36)31(23)38)28-12-22(8-9-25(26)28)32(46)39-14-21-10-11-41(16-21)34(48)49-35(2,3)4/h5-9,12,18,21,24,29H,10-11,13-17,19H2,1-4H3,(H,39,46)(H,40,47)/t21?,24-,29+/m1/s1. The molecule has 0 bridgehead atoms. The summed E-state index contributed by atoms with van der Waals surface area (Å²) in [5.41, 5.74) is 0.622. The molecule has 11 nitrogen and oxygen atoms in total. The average molecular weight is 700 g/mol. The van der Waals surface area contributed by atoms with E-state index in [9.17, 15) is 32.8 Å². The van der Waals surface area contributed by atoms with E-state index in [1.807, 2.05) is 0 Å². The number of amides is 4. The van der Waals surface area contributed by atoms with Gasteiger partial charge < -0.3 is 29.7 Å². The number of likely N-dealkylation sites (tertiary alicyclic amines) is 2. The van der Waals surface area contributed by atoms with Crippen LogP contribution >= 0.6 is 11.6 Å². The van der Waals surface area contributed by atoms with Crippen molar-refractivity contribution in [2.24, 2.45) is 5.92 Å². The van der Waals surface area contributed by atoms with Crippen LogP contribution in [0.5, 0.6) is 0 Å². The Morgan fingerprint density at radius 2 is 1.82 bits per heavy atom. The molecule has 2 aliphatic heterocycles. The van der Waals surface area contributed by atoms with Gasteiger partial charge in [0.2, 0.25) is 11.8 Å². The zero-order valence-corrected chi connectivity index (χ0v) is 28.6. The number of alkyl halides is 1. The van der Waals surface area contributed by atoms with Crippen molar-refractivity contribution in [1.82, 2.24) is 25.0 Å². The molecule has 2 N–H and O–H groups in total. The lowest BCUT2D eigenvalue weighted by molar-refractivity contribution is -0.139. The van der Waals surface area contributed by atoms with Crippen LogP contribution in [0.15, 0.2) is 42.6 Å². The van der Waals surface area contributed by atoms with Crippen LogP contribution in [0.1, 0.15) is 66.8 Å². The SMILES string of the molecule is CC(=O)c1cn(CC(=O)N2C[C@H](F)C[C@H]2C(=O)NCc2cccc(Cl)c2F)c2cc(C(=O)NCC3CCN(C(=O)OC(C)(C)C)C3)ccc12.